The molecule has 1 aliphatic rings. The third-order valence-corrected chi connectivity index (χ3v) is 4.05. The topological polar surface area (TPSA) is 121 Å². The molecule has 2 N–H and O–H groups in total. The van der Waals surface area contributed by atoms with E-state index in [4.69, 9.17) is 24.7 Å². The summed E-state index contributed by atoms with van der Waals surface area (Å²) < 4.78 is 21.0. The van der Waals surface area contributed by atoms with E-state index in [9.17, 15) is 14.9 Å². The van der Waals surface area contributed by atoms with Crippen molar-refractivity contribution in [1.82, 2.24) is 0 Å². The Bertz CT molecular complexity index is 866. The zero-order valence-electron chi connectivity index (χ0n) is 16.0. The second kappa shape index (κ2) is 9.46. The summed E-state index contributed by atoms with van der Waals surface area (Å²) in [4.78, 5) is 24.8. The lowest BCUT2D eigenvalue weighted by atomic mass is 9.82. The molecule has 0 saturated heterocycles. The number of allylic oxidation sites excluding steroid dienone is 1. The predicted molar refractivity (Wildman–Crippen MR) is 98.6 cm³/mol. The molecule has 1 heterocycles. The molecule has 0 fully saturated rings. The number of rotatable bonds is 7. The van der Waals surface area contributed by atoms with Crippen molar-refractivity contribution < 1.29 is 28.5 Å². The fourth-order valence-corrected chi connectivity index (χ4v) is 2.94. The van der Waals surface area contributed by atoms with Gasteiger partial charge in [-0.15, -0.1) is 0 Å². The van der Waals surface area contributed by atoms with Crippen LogP contribution < -0.4 is 10.5 Å². The van der Waals surface area contributed by atoms with E-state index in [0.29, 0.717) is 11.3 Å². The quantitative estimate of drug-likeness (QED) is 0.709. The van der Waals surface area contributed by atoms with Crippen LogP contribution in [0.3, 0.4) is 0 Å². The largest absolute Gasteiger partial charge is 0.496 e. The maximum absolute atomic E-state index is 12.8. The molecule has 1 aromatic carbocycles. The van der Waals surface area contributed by atoms with E-state index < -0.39 is 17.9 Å². The molecule has 8 heteroatoms. The SMILES string of the molecule is CCOC(=O)CC1=C(C(=O)OCC)C(c2ccccc2OC)C(C#N)=C(N)O1. The maximum Gasteiger partial charge on any atom is 0.338 e. The van der Waals surface area contributed by atoms with Crippen LogP contribution in [0.2, 0.25) is 0 Å². The first-order chi connectivity index (χ1) is 13.5. The molecule has 0 aromatic heterocycles. The fraction of sp³-hybridized carbons (Fsp3) is 0.350. The molecule has 148 valence electrons. The van der Waals surface area contributed by atoms with Gasteiger partial charge in [0.25, 0.3) is 0 Å². The van der Waals surface area contributed by atoms with Crippen molar-refractivity contribution in [1.29, 1.82) is 5.26 Å². The van der Waals surface area contributed by atoms with Gasteiger partial charge in [0, 0.05) is 5.56 Å². The van der Waals surface area contributed by atoms with Crippen molar-refractivity contribution in [3.63, 3.8) is 0 Å². The average Bonchev–Trinajstić information content (AvgIpc) is 2.67. The fourth-order valence-electron chi connectivity index (χ4n) is 2.94. The zero-order chi connectivity index (χ0) is 20.7. The molecule has 0 radical (unpaired) electrons. The molecular weight excluding hydrogens is 364 g/mol. The third-order valence-electron chi connectivity index (χ3n) is 4.05. The van der Waals surface area contributed by atoms with Crippen LogP contribution in [0.1, 0.15) is 31.7 Å². The Morgan fingerprint density at radius 3 is 2.50 bits per heavy atom. The standard InChI is InChI=1S/C20H22N2O6/c1-4-26-16(23)10-15-18(20(24)27-5-2)17(13(11-21)19(22)28-15)12-8-6-7-9-14(12)25-3/h6-9,17H,4-5,10,22H2,1-3H3. The van der Waals surface area contributed by atoms with Crippen molar-refractivity contribution in [3.05, 3.63) is 52.6 Å². The molecule has 0 spiro atoms. The van der Waals surface area contributed by atoms with Crippen molar-refractivity contribution >= 4 is 11.9 Å². The van der Waals surface area contributed by atoms with Crippen LogP contribution in [0.25, 0.3) is 0 Å². The Labute approximate surface area is 163 Å². The first kappa shape index (κ1) is 20.8. The minimum absolute atomic E-state index is 0.00990. The van der Waals surface area contributed by atoms with Crippen LogP contribution in [0.5, 0.6) is 5.75 Å². The van der Waals surface area contributed by atoms with Crippen LogP contribution in [-0.2, 0) is 23.8 Å². The highest BCUT2D eigenvalue weighted by Crippen LogP contribution is 2.43. The maximum atomic E-state index is 12.8. The summed E-state index contributed by atoms with van der Waals surface area (Å²) in [5, 5.41) is 9.66. The summed E-state index contributed by atoms with van der Waals surface area (Å²) in [5.74, 6) is -1.95. The Balaban J connectivity index is 2.69. The van der Waals surface area contributed by atoms with Gasteiger partial charge in [0.15, 0.2) is 0 Å². The molecule has 28 heavy (non-hydrogen) atoms. The van der Waals surface area contributed by atoms with Crippen LogP contribution in [0.4, 0.5) is 0 Å². The second-order valence-corrected chi connectivity index (χ2v) is 5.71. The van der Waals surface area contributed by atoms with E-state index in [1.807, 2.05) is 6.07 Å². The smallest absolute Gasteiger partial charge is 0.338 e. The lowest BCUT2D eigenvalue weighted by Crippen LogP contribution is -2.27. The number of hydrogen-bond donors (Lipinski definition) is 1. The van der Waals surface area contributed by atoms with Gasteiger partial charge in [0.1, 0.15) is 29.6 Å². The number of ether oxygens (including phenoxy) is 4. The zero-order valence-corrected chi connectivity index (χ0v) is 16.0. The molecule has 1 aliphatic heterocycles. The minimum atomic E-state index is -0.904. The second-order valence-electron chi connectivity index (χ2n) is 5.71. The van der Waals surface area contributed by atoms with E-state index >= 15 is 0 Å². The summed E-state index contributed by atoms with van der Waals surface area (Å²) in [6, 6.07) is 8.90. The normalized spacial score (nSPS) is 16.1. The van der Waals surface area contributed by atoms with Gasteiger partial charge < -0.3 is 24.7 Å². The molecule has 0 saturated carbocycles. The number of carbonyl (C=O) groups excluding carboxylic acids is 2. The van der Waals surface area contributed by atoms with Crippen LogP contribution in [-0.4, -0.2) is 32.3 Å². The van der Waals surface area contributed by atoms with Gasteiger partial charge in [-0.1, -0.05) is 18.2 Å². The minimum Gasteiger partial charge on any atom is -0.496 e. The van der Waals surface area contributed by atoms with Crippen molar-refractivity contribution in [2.45, 2.75) is 26.2 Å². The third kappa shape index (κ3) is 4.26. The summed E-state index contributed by atoms with van der Waals surface area (Å²) in [7, 11) is 1.48. The number of benzene rings is 1. The van der Waals surface area contributed by atoms with Gasteiger partial charge in [0.2, 0.25) is 5.88 Å². The first-order valence-corrected chi connectivity index (χ1v) is 8.74. The van der Waals surface area contributed by atoms with Gasteiger partial charge in [-0.2, -0.15) is 5.26 Å². The summed E-state index contributed by atoms with van der Waals surface area (Å²) in [6.07, 6.45) is -0.326. The van der Waals surface area contributed by atoms with Gasteiger partial charge >= 0.3 is 11.9 Å². The highest BCUT2D eigenvalue weighted by Gasteiger charge is 2.39. The number of nitrogens with zero attached hydrogens (tertiary/aromatic N) is 1. The van der Waals surface area contributed by atoms with Crippen LogP contribution >= 0.6 is 0 Å². The molecule has 8 nitrogen and oxygen atoms in total. The predicted octanol–water partition coefficient (Wildman–Crippen LogP) is 2.27. The summed E-state index contributed by atoms with van der Waals surface area (Å²) in [6.45, 7) is 3.60. The monoisotopic (exact) mass is 386 g/mol. The van der Waals surface area contributed by atoms with Crippen LogP contribution in [0, 0.1) is 11.3 Å². The molecule has 0 bridgehead atoms. The lowest BCUT2D eigenvalue weighted by Gasteiger charge is -2.28. The molecule has 2 rings (SSSR count). The number of methoxy groups -OCH3 is 1. The van der Waals surface area contributed by atoms with E-state index in [1.165, 1.54) is 7.11 Å². The molecule has 1 aromatic rings. The van der Waals surface area contributed by atoms with Gasteiger partial charge in [-0.25, -0.2) is 4.79 Å². The Morgan fingerprint density at radius 1 is 1.21 bits per heavy atom. The molecular formula is C20H22N2O6. The van der Waals surface area contributed by atoms with Gasteiger partial charge in [-0.05, 0) is 19.9 Å². The number of esters is 2. The van der Waals surface area contributed by atoms with Crippen molar-refractivity contribution in [2.24, 2.45) is 5.73 Å². The Morgan fingerprint density at radius 2 is 1.89 bits per heavy atom. The summed E-state index contributed by atoms with van der Waals surface area (Å²) in [5.41, 5.74) is 6.51. The number of nitrogens with two attached hydrogens (primary N) is 1. The first-order valence-electron chi connectivity index (χ1n) is 8.74. The lowest BCUT2D eigenvalue weighted by molar-refractivity contribution is -0.143. The van der Waals surface area contributed by atoms with E-state index in [1.54, 1.807) is 38.1 Å². The average molecular weight is 386 g/mol. The number of para-hydroxylation sites is 1. The van der Waals surface area contributed by atoms with Crippen molar-refractivity contribution in [2.75, 3.05) is 20.3 Å². The Kier molecular flexibility index (Phi) is 7.04. The van der Waals surface area contributed by atoms with E-state index in [0.717, 1.165) is 0 Å². The molecule has 0 aliphatic carbocycles. The molecule has 1 unspecified atom stereocenters. The molecule has 1 atom stereocenters. The number of hydrogen-bond acceptors (Lipinski definition) is 8. The van der Waals surface area contributed by atoms with E-state index in [2.05, 4.69) is 0 Å². The highest BCUT2D eigenvalue weighted by molar-refractivity contribution is 5.94. The number of nitriles is 1. The highest BCUT2D eigenvalue weighted by atomic mass is 16.5. The van der Waals surface area contributed by atoms with Crippen LogP contribution in [0.15, 0.2) is 47.1 Å². The van der Waals surface area contributed by atoms with E-state index in [-0.39, 0.29) is 42.4 Å². The Hall–Kier alpha value is -3.47. The summed E-state index contributed by atoms with van der Waals surface area (Å²) >= 11 is 0. The number of carbonyl (C=O) groups is 2. The van der Waals surface area contributed by atoms with Gasteiger partial charge in [0.05, 0.1) is 31.8 Å². The van der Waals surface area contributed by atoms with Crippen molar-refractivity contribution in [3.8, 4) is 11.8 Å². The molecule has 0 amide bonds. The van der Waals surface area contributed by atoms with Gasteiger partial charge in [-0.3, -0.25) is 4.79 Å².